The van der Waals surface area contributed by atoms with Crippen LogP contribution >= 0.6 is 0 Å². The summed E-state index contributed by atoms with van der Waals surface area (Å²) in [7, 11) is 0. The number of para-hydroxylation sites is 1. The van der Waals surface area contributed by atoms with Crippen molar-refractivity contribution in [2.24, 2.45) is 5.16 Å². The summed E-state index contributed by atoms with van der Waals surface area (Å²) in [6, 6.07) is 23.3. The Morgan fingerprint density at radius 2 is 1.51 bits per heavy atom. The first-order chi connectivity index (χ1) is 16.8. The summed E-state index contributed by atoms with van der Waals surface area (Å²) in [5.41, 5.74) is 3.75. The van der Waals surface area contributed by atoms with Crippen molar-refractivity contribution in [1.29, 1.82) is 0 Å². The van der Waals surface area contributed by atoms with Crippen molar-refractivity contribution < 1.29 is 19.2 Å². The van der Waals surface area contributed by atoms with E-state index in [9.17, 15) is 14.4 Å². The summed E-state index contributed by atoms with van der Waals surface area (Å²) < 4.78 is 0. The van der Waals surface area contributed by atoms with Crippen LogP contribution in [0.1, 0.15) is 48.3 Å². The fourth-order valence-corrected chi connectivity index (χ4v) is 3.31. The number of oxime groups is 1. The quantitative estimate of drug-likeness (QED) is 0.314. The van der Waals surface area contributed by atoms with E-state index >= 15 is 0 Å². The molecule has 0 aliphatic rings. The van der Waals surface area contributed by atoms with Gasteiger partial charge in [0.1, 0.15) is 0 Å². The lowest BCUT2D eigenvalue weighted by Crippen LogP contribution is -2.28. The third-order valence-corrected chi connectivity index (χ3v) is 5.11. The Balaban J connectivity index is 1.56. The van der Waals surface area contributed by atoms with Crippen LogP contribution in [0.2, 0.25) is 0 Å². The Kier molecular flexibility index (Phi) is 8.72. The Hall–Kier alpha value is -4.46. The van der Waals surface area contributed by atoms with Gasteiger partial charge in [0.05, 0.1) is 23.0 Å². The standard InChI is InChI=1S/C27H28N4O4/c1-18(21-9-5-4-6-10-21)28-27(34)24-11-7-8-12-25(24)30-26(33)17-35-31-19(2)22-13-15-23(16-14-22)29-20(3)32/h4-16,18H,17H2,1-3H3,(H,28,34)(H,29,32)(H,30,33)/b31-19+. The number of hydrogen-bond donors (Lipinski definition) is 3. The average molecular weight is 473 g/mol. The van der Waals surface area contributed by atoms with E-state index in [0.29, 0.717) is 22.6 Å². The Labute approximate surface area is 204 Å². The van der Waals surface area contributed by atoms with E-state index in [1.165, 1.54) is 6.92 Å². The molecule has 35 heavy (non-hydrogen) atoms. The van der Waals surface area contributed by atoms with E-state index in [-0.39, 0.29) is 24.5 Å². The number of nitrogens with zero attached hydrogens (tertiary/aromatic N) is 1. The largest absolute Gasteiger partial charge is 0.385 e. The molecule has 0 saturated heterocycles. The van der Waals surface area contributed by atoms with Crippen molar-refractivity contribution in [1.82, 2.24) is 5.32 Å². The summed E-state index contributed by atoms with van der Waals surface area (Å²) in [5, 5.41) is 12.3. The fourth-order valence-electron chi connectivity index (χ4n) is 3.31. The molecule has 3 aromatic carbocycles. The molecule has 8 nitrogen and oxygen atoms in total. The third kappa shape index (κ3) is 7.53. The van der Waals surface area contributed by atoms with Crippen molar-refractivity contribution in [3.05, 3.63) is 95.6 Å². The molecule has 0 bridgehead atoms. The molecule has 180 valence electrons. The van der Waals surface area contributed by atoms with Gasteiger partial charge in [-0.2, -0.15) is 0 Å². The van der Waals surface area contributed by atoms with Crippen LogP contribution in [-0.4, -0.2) is 30.0 Å². The molecule has 0 heterocycles. The minimum atomic E-state index is -0.445. The van der Waals surface area contributed by atoms with Gasteiger partial charge in [0.15, 0.2) is 6.61 Å². The molecule has 1 unspecified atom stereocenters. The molecule has 0 aromatic heterocycles. The normalized spacial score (nSPS) is 11.8. The highest BCUT2D eigenvalue weighted by atomic mass is 16.6. The predicted molar refractivity (Wildman–Crippen MR) is 136 cm³/mol. The van der Waals surface area contributed by atoms with Gasteiger partial charge in [-0.1, -0.05) is 59.8 Å². The lowest BCUT2D eigenvalue weighted by atomic mass is 10.1. The monoisotopic (exact) mass is 472 g/mol. The van der Waals surface area contributed by atoms with Crippen molar-refractivity contribution in [3.63, 3.8) is 0 Å². The molecule has 0 spiro atoms. The van der Waals surface area contributed by atoms with Crippen LogP contribution < -0.4 is 16.0 Å². The number of amides is 3. The molecule has 0 aliphatic heterocycles. The van der Waals surface area contributed by atoms with E-state index in [1.54, 1.807) is 55.5 Å². The highest BCUT2D eigenvalue weighted by Gasteiger charge is 2.16. The van der Waals surface area contributed by atoms with Crippen molar-refractivity contribution in [3.8, 4) is 0 Å². The molecule has 0 saturated carbocycles. The third-order valence-electron chi connectivity index (χ3n) is 5.11. The van der Waals surface area contributed by atoms with Crippen molar-refractivity contribution in [2.75, 3.05) is 17.2 Å². The van der Waals surface area contributed by atoms with Crippen LogP contribution in [-0.2, 0) is 14.4 Å². The van der Waals surface area contributed by atoms with Gasteiger partial charge in [-0.3, -0.25) is 14.4 Å². The van der Waals surface area contributed by atoms with Crippen molar-refractivity contribution >= 4 is 34.8 Å². The molecule has 0 aliphatic carbocycles. The highest BCUT2D eigenvalue weighted by molar-refractivity contribution is 6.04. The first kappa shape index (κ1) is 25.2. The van der Waals surface area contributed by atoms with Crippen LogP contribution in [0.15, 0.2) is 84.0 Å². The number of rotatable bonds is 9. The summed E-state index contributed by atoms with van der Waals surface area (Å²) in [6.45, 7) is 4.77. The highest BCUT2D eigenvalue weighted by Crippen LogP contribution is 2.18. The Morgan fingerprint density at radius 1 is 0.857 bits per heavy atom. The topological polar surface area (TPSA) is 109 Å². The van der Waals surface area contributed by atoms with Gasteiger partial charge in [0, 0.05) is 12.6 Å². The van der Waals surface area contributed by atoms with E-state index in [1.807, 2.05) is 37.3 Å². The molecule has 8 heteroatoms. The molecular formula is C27H28N4O4. The van der Waals surface area contributed by atoms with Gasteiger partial charge in [0.2, 0.25) is 5.91 Å². The smallest absolute Gasteiger partial charge is 0.265 e. The molecule has 0 radical (unpaired) electrons. The maximum Gasteiger partial charge on any atom is 0.265 e. The maximum atomic E-state index is 12.8. The molecule has 0 fully saturated rings. The SMILES string of the molecule is CC(=O)Nc1ccc(/C(C)=N/OCC(=O)Nc2ccccc2C(=O)NC(C)c2ccccc2)cc1. The Morgan fingerprint density at radius 3 is 2.20 bits per heavy atom. The molecule has 3 N–H and O–H groups in total. The number of nitrogens with one attached hydrogen (secondary N) is 3. The minimum Gasteiger partial charge on any atom is -0.385 e. The summed E-state index contributed by atoms with van der Waals surface area (Å²) in [5.74, 6) is -0.893. The molecule has 3 aromatic rings. The van der Waals surface area contributed by atoms with E-state index in [4.69, 9.17) is 4.84 Å². The average Bonchev–Trinajstić information content (AvgIpc) is 2.85. The second-order valence-electron chi connectivity index (χ2n) is 7.91. The van der Waals surface area contributed by atoms with Crippen LogP contribution in [0.25, 0.3) is 0 Å². The zero-order valence-electron chi connectivity index (χ0n) is 19.9. The molecular weight excluding hydrogens is 444 g/mol. The van der Waals surface area contributed by atoms with Gasteiger partial charge in [-0.15, -0.1) is 0 Å². The summed E-state index contributed by atoms with van der Waals surface area (Å²) in [4.78, 5) is 41.6. The van der Waals surface area contributed by atoms with Crippen LogP contribution in [0.3, 0.4) is 0 Å². The number of carbonyl (C=O) groups is 3. The van der Waals surface area contributed by atoms with E-state index in [0.717, 1.165) is 11.1 Å². The van der Waals surface area contributed by atoms with Crippen molar-refractivity contribution in [2.45, 2.75) is 26.8 Å². The zero-order valence-corrected chi connectivity index (χ0v) is 19.9. The maximum absolute atomic E-state index is 12.8. The predicted octanol–water partition coefficient (Wildman–Crippen LogP) is 4.52. The number of anilines is 2. The fraction of sp³-hybridized carbons (Fsp3) is 0.185. The lowest BCUT2D eigenvalue weighted by Gasteiger charge is -2.16. The second kappa shape index (κ2) is 12.1. The zero-order chi connectivity index (χ0) is 25.2. The van der Waals surface area contributed by atoms with E-state index in [2.05, 4.69) is 21.1 Å². The van der Waals surface area contributed by atoms with Gasteiger partial charge in [-0.05, 0) is 49.2 Å². The molecule has 3 amide bonds. The first-order valence-electron chi connectivity index (χ1n) is 11.1. The van der Waals surface area contributed by atoms with Gasteiger partial charge < -0.3 is 20.8 Å². The molecule has 1 atom stereocenters. The van der Waals surface area contributed by atoms with Crippen LogP contribution in [0.5, 0.6) is 0 Å². The lowest BCUT2D eigenvalue weighted by molar-refractivity contribution is -0.120. The summed E-state index contributed by atoms with van der Waals surface area (Å²) in [6.07, 6.45) is 0. The molecule has 3 rings (SSSR count). The summed E-state index contributed by atoms with van der Waals surface area (Å²) >= 11 is 0. The number of carbonyl (C=O) groups excluding carboxylic acids is 3. The number of benzene rings is 3. The van der Waals surface area contributed by atoms with Crippen LogP contribution in [0.4, 0.5) is 11.4 Å². The first-order valence-corrected chi connectivity index (χ1v) is 11.1. The van der Waals surface area contributed by atoms with E-state index < -0.39 is 5.91 Å². The van der Waals surface area contributed by atoms with Gasteiger partial charge in [-0.25, -0.2) is 0 Å². The van der Waals surface area contributed by atoms with Gasteiger partial charge in [0.25, 0.3) is 11.8 Å². The number of hydrogen-bond acceptors (Lipinski definition) is 5. The second-order valence-corrected chi connectivity index (χ2v) is 7.91. The Bertz CT molecular complexity index is 1210. The van der Waals surface area contributed by atoms with Crippen LogP contribution in [0, 0.1) is 0 Å². The van der Waals surface area contributed by atoms with Gasteiger partial charge >= 0.3 is 0 Å². The minimum absolute atomic E-state index is 0.151.